The third-order valence-electron chi connectivity index (χ3n) is 4.56. The summed E-state index contributed by atoms with van der Waals surface area (Å²) in [6.07, 6.45) is 7.85. The molecule has 2 N–H and O–H groups in total. The van der Waals surface area contributed by atoms with Crippen molar-refractivity contribution in [3.63, 3.8) is 0 Å². The van der Waals surface area contributed by atoms with Crippen LogP contribution in [-0.4, -0.2) is 22.1 Å². The third kappa shape index (κ3) is 5.35. The second-order valence-corrected chi connectivity index (χ2v) is 7.31. The van der Waals surface area contributed by atoms with E-state index < -0.39 is 0 Å². The van der Waals surface area contributed by atoms with E-state index >= 15 is 0 Å². The van der Waals surface area contributed by atoms with Crippen molar-refractivity contribution in [2.75, 3.05) is 10.6 Å². The zero-order valence-corrected chi connectivity index (χ0v) is 16.1. The topological polar surface area (TPSA) is 59.1 Å². The van der Waals surface area contributed by atoms with Crippen molar-refractivity contribution >= 4 is 17.3 Å². The van der Waals surface area contributed by atoms with Crippen molar-refractivity contribution in [1.82, 2.24) is 9.97 Å². The summed E-state index contributed by atoms with van der Waals surface area (Å²) in [5.41, 5.74) is 0.916. The second-order valence-electron chi connectivity index (χ2n) is 7.31. The van der Waals surface area contributed by atoms with Gasteiger partial charge in [-0.15, -0.1) is 0 Å². The molecule has 26 heavy (non-hydrogen) atoms. The number of anilines is 3. The molecule has 0 saturated heterocycles. The molecule has 1 aliphatic rings. The van der Waals surface area contributed by atoms with E-state index in [1.54, 1.807) is 0 Å². The maximum absolute atomic E-state index is 5.89. The van der Waals surface area contributed by atoms with E-state index in [4.69, 9.17) is 4.74 Å². The van der Waals surface area contributed by atoms with Crippen molar-refractivity contribution in [3.8, 4) is 5.75 Å². The molecule has 1 saturated carbocycles. The van der Waals surface area contributed by atoms with E-state index in [0.717, 1.165) is 28.9 Å². The highest BCUT2D eigenvalue weighted by atomic mass is 16.5. The molecule has 3 rings (SSSR count). The summed E-state index contributed by atoms with van der Waals surface area (Å²) < 4.78 is 5.89. The minimum Gasteiger partial charge on any atom is -0.489 e. The van der Waals surface area contributed by atoms with Gasteiger partial charge in [0.25, 0.3) is 0 Å². The van der Waals surface area contributed by atoms with Crippen LogP contribution in [0.2, 0.25) is 0 Å². The van der Waals surface area contributed by atoms with Crippen molar-refractivity contribution in [1.29, 1.82) is 0 Å². The first-order chi connectivity index (χ1) is 12.6. The van der Waals surface area contributed by atoms with Crippen molar-refractivity contribution in [2.24, 2.45) is 0 Å². The fourth-order valence-corrected chi connectivity index (χ4v) is 3.40. The zero-order chi connectivity index (χ0) is 18.4. The maximum Gasteiger partial charge on any atom is 0.143 e. The summed E-state index contributed by atoms with van der Waals surface area (Å²) in [7, 11) is 0. The Bertz CT molecular complexity index is 709. The van der Waals surface area contributed by atoms with Gasteiger partial charge in [0.05, 0.1) is 11.8 Å². The summed E-state index contributed by atoms with van der Waals surface area (Å²) in [4.78, 5) is 9.12. The molecule has 0 radical (unpaired) electrons. The molecular formula is C21H30N4O. The Morgan fingerprint density at radius 1 is 1.00 bits per heavy atom. The molecule has 0 spiro atoms. The number of ether oxygens (including phenoxy) is 1. The Hall–Kier alpha value is -2.30. The van der Waals surface area contributed by atoms with Crippen LogP contribution in [0, 0.1) is 6.92 Å². The van der Waals surface area contributed by atoms with Crippen LogP contribution in [0.15, 0.2) is 30.3 Å². The molecule has 1 heterocycles. The normalized spacial score (nSPS) is 15.5. The summed E-state index contributed by atoms with van der Waals surface area (Å²) in [5, 5.41) is 7.00. The number of hydrogen-bond donors (Lipinski definition) is 2. The first kappa shape index (κ1) is 18.5. The molecule has 0 amide bonds. The number of hydrogen-bond acceptors (Lipinski definition) is 5. The van der Waals surface area contributed by atoms with Crippen molar-refractivity contribution in [2.45, 2.75) is 71.4 Å². The summed E-state index contributed by atoms with van der Waals surface area (Å²) in [6, 6.07) is 10.5. The smallest absolute Gasteiger partial charge is 0.143 e. The van der Waals surface area contributed by atoms with Gasteiger partial charge in [-0.25, -0.2) is 9.97 Å². The van der Waals surface area contributed by atoms with E-state index in [-0.39, 0.29) is 6.10 Å². The standard InChI is InChI=1S/C21H30N4O/c1-15(2)26-19-13-9-8-12-18(19)25-21-14-20(22-16(3)23-21)24-17-10-6-4-5-7-11-17/h8-9,12-15,17H,4-7,10-11H2,1-3H3,(H2,22,23,24,25). The first-order valence-electron chi connectivity index (χ1n) is 9.75. The Balaban J connectivity index is 1.75. The van der Waals surface area contributed by atoms with Crippen LogP contribution in [0.5, 0.6) is 5.75 Å². The number of nitrogens with one attached hydrogen (secondary N) is 2. The highest BCUT2D eigenvalue weighted by Gasteiger charge is 2.14. The molecule has 0 atom stereocenters. The highest BCUT2D eigenvalue weighted by Crippen LogP contribution is 2.28. The molecule has 1 aliphatic carbocycles. The first-order valence-corrected chi connectivity index (χ1v) is 9.75. The second kappa shape index (κ2) is 8.88. The lowest BCUT2D eigenvalue weighted by molar-refractivity contribution is 0.244. The van der Waals surface area contributed by atoms with Crippen LogP contribution in [0.1, 0.15) is 58.2 Å². The molecule has 1 fully saturated rings. The lowest BCUT2D eigenvalue weighted by Gasteiger charge is -2.18. The number of aromatic nitrogens is 2. The van der Waals surface area contributed by atoms with Gasteiger partial charge in [-0.3, -0.25) is 0 Å². The van der Waals surface area contributed by atoms with Gasteiger partial charge >= 0.3 is 0 Å². The van der Waals surface area contributed by atoms with Crippen LogP contribution in [0.25, 0.3) is 0 Å². The van der Waals surface area contributed by atoms with Crippen LogP contribution in [0.4, 0.5) is 17.3 Å². The SMILES string of the molecule is Cc1nc(Nc2ccccc2OC(C)C)cc(NC2CCCCCC2)n1. The van der Waals surface area contributed by atoms with Gasteiger partial charge in [0, 0.05) is 12.1 Å². The van der Waals surface area contributed by atoms with Gasteiger partial charge in [0.15, 0.2) is 0 Å². The maximum atomic E-state index is 5.89. The molecule has 1 aromatic carbocycles. The fourth-order valence-electron chi connectivity index (χ4n) is 3.40. The number of para-hydroxylation sites is 2. The molecule has 5 nitrogen and oxygen atoms in total. The van der Waals surface area contributed by atoms with E-state index in [2.05, 4.69) is 20.6 Å². The number of nitrogens with zero attached hydrogens (tertiary/aromatic N) is 2. The van der Waals surface area contributed by atoms with Crippen LogP contribution in [0.3, 0.4) is 0 Å². The lowest BCUT2D eigenvalue weighted by atomic mass is 10.1. The zero-order valence-electron chi connectivity index (χ0n) is 16.1. The number of benzene rings is 1. The van der Waals surface area contributed by atoms with E-state index in [9.17, 15) is 0 Å². The largest absolute Gasteiger partial charge is 0.489 e. The predicted octanol–water partition coefficient (Wildman–Crippen LogP) is 5.45. The molecule has 140 valence electrons. The fraction of sp³-hybridized carbons (Fsp3) is 0.524. The average molecular weight is 354 g/mol. The monoisotopic (exact) mass is 354 g/mol. The van der Waals surface area contributed by atoms with Crippen LogP contribution in [-0.2, 0) is 0 Å². The van der Waals surface area contributed by atoms with Gasteiger partial charge in [0.1, 0.15) is 23.2 Å². The minimum atomic E-state index is 0.123. The van der Waals surface area contributed by atoms with E-state index in [0.29, 0.717) is 6.04 Å². The summed E-state index contributed by atoms with van der Waals surface area (Å²) in [6.45, 7) is 5.99. The molecule has 0 aliphatic heterocycles. The lowest BCUT2D eigenvalue weighted by Crippen LogP contribution is -2.19. The highest BCUT2D eigenvalue weighted by molar-refractivity contribution is 5.65. The summed E-state index contributed by atoms with van der Waals surface area (Å²) >= 11 is 0. The van der Waals surface area contributed by atoms with Crippen molar-refractivity contribution < 1.29 is 4.74 Å². The Labute approximate surface area is 156 Å². The number of aryl methyl sites for hydroxylation is 1. The molecule has 5 heteroatoms. The molecular weight excluding hydrogens is 324 g/mol. The third-order valence-corrected chi connectivity index (χ3v) is 4.56. The predicted molar refractivity (Wildman–Crippen MR) is 107 cm³/mol. The quantitative estimate of drug-likeness (QED) is 0.675. The van der Waals surface area contributed by atoms with Crippen molar-refractivity contribution in [3.05, 3.63) is 36.2 Å². The number of rotatable bonds is 6. The van der Waals surface area contributed by atoms with Gasteiger partial charge in [-0.05, 0) is 45.7 Å². The molecule has 2 aromatic rings. The van der Waals surface area contributed by atoms with E-state index in [1.165, 1.54) is 38.5 Å². The van der Waals surface area contributed by atoms with Gasteiger partial charge in [-0.1, -0.05) is 37.8 Å². The van der Waals surface area contributed by atoms with E-state index in [1.807, 2.05) is 51.1 Å². The molecule has 0 unspecified atom stereocenters. The Morgan fingerprint density at radius 2 is 1.69 bits per heavy atom. The average Bonchev–Trinajstić information content (AvgIpc) is 2.84. The minimum absolute atomic E-state index is 0.123. The van der Waals surface area contributed by atoms with Gasteiger partial charge in [-0.2, -0.15) is 0 Å². The molecule has 0 bridgehead atoms. The molecule has 1 aromatic heterocycles. The van der Waals surface area contributed by atoms with Gasteiger partial charge < -0.3 is 15.4 Å². The van der Waals surface area contributed by atoms with Gasteiger partial charge in [0.2, 0.25) is 0 Å². The van der Waals surface area contributed by atoms with Crippen LogP contribution < -0.4 is 15.4 Å². The van der Waals surface area contributed by atoms with Crippen LogP contribution >= 0.6 is 0 Å². The Morgan fingerprint density at radius 3 is 2.42 bits per heavy atom. The Kier molecular flexibility index (Phi) is 6.31. The summed E-state index contributed by atoms with van der Waals surface area (Å²) in [5.74, 6) is 3.27.